The van der Waals surface area contributed by atoms with Gasteiger partial charge in [-0.3, -0.25) is 4.79 Å². The van der Waals surface area contributed by atoms with Crippen LogP contribution >= 0.6 is 0 Å². The summed E-state index contributed by atoms with van der Waals surface area (Å²) in [5.41, 5.74) is 1.95. The van der Waals surface area contributed by atoms with E-state index in [4.69, 9.17) is 5.11 Å². The van der Waals surface area contributed by atoms with Gasteiger partial charge in [-0.05, 0) is 43.4 Å². The van der Waals surface area contributed by atoms with Gasteiger partial charge in [0.1, 0.15) is 0 Å². The Morgan fingerprint density at radius 3 is 2.42 bits per heavy atom. The highest BCUT2D eigenvalue weighted by Crippen LogP contribution is 2.09. The van der Waals surface area contributed by atoms with E-state index in [9.17, 15) is 4.79 Å². The Balaban J connectivity index is 2.57. The van der Waals surface area contributed by atoms with Crippen LogP contribution < -0.4 is 5.32 Å². The molecule has 2 atom stereocenters. The molecular formula is C16H25NO2. The topological polar surface area (TPSA) is 49.3 Å². The SMILES string of the molecule is CCCCc1ccc(C(=O)NC(C)C(C)CO)cc1. The van der Waals surface area contributed by atoms with Crippen LogP contribution in [0.5, 0.6) is 0 Å². The highest BCUT2D eigenvalue weighted by Gasteiger charge is 2.14. The summed E-state index contributed by atoms with van der Waals surface area (Å²) in [6.07, 6.45) is 3.42. The van der Waals surface area contributed by atoms with Gasteiger partial charge in [0.15, 0.2) is 0 Å². The number of aliphatic hydroxyl groups excluding tert-OH is 1. The van der Waals surface area contributed by atoms with E-state index in [0.717, 1.165) is 6.42 Å². The predicted octanol–water partition coefficient (Wildman–Crippen LogP) is 2.78. The van der Waals surface area contributed by atoms with Crippen molar-refractivity contribution in [1.82, 2.24) is 5.32 Å². The number of carbonyl (C=O) groups excluding carboxylic acids is 1. The monoisotopic (exact) mass is 263 g/mol. The second-order valence-corrected chi connectivity index (χ2v) is 5.22. The third-order valence-electron chi connectivity index (χ3n) is 3.54. The summed E-state index contributed by atoms with van der Waals surface area (Å²) >= 11 is 0. The Bertz CT molecular complexity index is 386. The molecule has 1 aromatic carbocycles. The second-order valence-electron chi connectivity index (χ2n) is 5.22. The first-order chi connectivity index (χ1) is 9.08. The summed E-state index contributed by atoms with van der Waals surface area (Å²) in [7, 11) is 0. The van der Waals surface area contributed by atoms with Crippen molar-refractivity contribution in [1.29, 1.82) is 0 Å². The van der Waals surface area contributed by atoms with Gasteiger partial charge in [0, 0.05) is 18.2 Å². The number of aryl methyl sites for hydroxylation is 1. The molecule has 0 saturated carbocycles. The van der Waals surface area contributed by atoms with Crippen molar-refractivity contribution < 1.29 is 9.90 Å². The average molecular weight is 263 g/mol. The number of nitrogens with one attached hydrogen (secondary N) is 1. The fourth-order valence-electron chi connectivity index (χ4n) is 1.79. The quantitative estimate of drug-likeness (QED) is 0.794. The molecule has 1 rings (SSSR count). The van der Waals surface area contributed by atoms with Gasteiger partial charge in [0.25, 0.3) is 5.91 Å². The molecule has 0 heterocycles. The lowest BCUT2D eigenvalue weighted by Gasteiger charge is -2.19. The first-order valence-corrected chi connectivity index (χ1v) is 7.09. The minimum absolute atomic E-state index is 0.0303. The van der Waals surface area contributed by atoms with E-state index in [2.05, 4.69) is 12.2 Å². The molecule has 3 heteroatoms. The summed E-state index contributed by atoms with van der Waals surface area (Å²) in [6, 6.07) is 7.75. The molecule has 0 fully saturated rings. The number of unbranched alkanes of at least 4 members (excludes halogenated alkanes) is 1. The fraction of sp³-hybridized carbons (Fsp3) is 0.562. The molecule has 0 bridgehead atoms. The van der Waals surface area contributed by atoms with Gasteiger partial charge in [-0.1, -0.05) is 32.4 Å². The first kappa shape index (κ1) is 15.7. The number of rotatable bonds is 7. The van der Waals surface area contributed by atoms with Gasteiger partial charge in [0.05, 0.1) is 0 Å². The highest BCUT2D eigenvalue weighted by molar-refractivity contribution is 5.94. The number of aliphatic hydroxyl groups is 1. The first-order valence-electron chi connectivity index (χ1n) is 7.09. The lowest BCUT2D eigenvalue weighted by Crippen LogP contribution is -2.38. The van der Waals surface area contributed by atoms with Crippen LogP contribution in [0.15, 0.2) is 24.3 Å². The minimum atomic E-state index is -0.0742. The smallest absolute Gasteiger partial charge is 0.251 e. The van der Waals surface area contributed by atoms with Crippen LogP contribution in [0, 0.1) is 5.92 Å². The van der Waals surface area contributed by atoms with Crippen LogP contribution in [0.4, 0.5) is 0 Å². The molecule has 0 aliphatic heterocycles. The fourth-order valence-corrected chi connectivity index (χ4v) is 1.79. The van der Waals surface area contributed by atoms with E-state index in [1.54, 1.807) is 0 Å². The number of hydrogen-bond acceptors (Lipinski definition) is 2. The lowest BCUT2D eigenvalue weighted by molar-refractivity contribution is 0.0916. The van der Waals surface area contributed by atoms with Gasteiger partial charge in [0.2, 0.25) is 0 Å². The normalized spacial score (nSPS) is 13.9. The van der Waals surface area contributed by atoms with E-state index < -0.39 is 0 Å². The molecule has 0 aliphatic rings. The summed E-state index contributed by atoms with van der Waals surface area (Å²) in [5.74, 6) is -0.0115. The molecule has 0 aromatic heterocycles. The van der Waals surface area contributed by atoms with Gasteiger partial charge in [-0.15, -0.1) is 0 Å². The van der Waals surface area contributed by atoms with E-state index in [1.807, 2.05) is 38.1 Å². The Morgan fingerprint density at radius 2 is 1.89 bits per heavy atom. The summed E-state index contributed by atoms with van der Waals surface area (Å²) in [4.78, 5) is 12.0. The van der Waals surface area contributed by atoms with E-state index in [1.165, 1.54) is 18.4 Å². The third-order valence-corrected chi connectivity index (χ3v) is 3.54. The van der Waals surface area contributed by atoms with Crippen molar-refractivity contribution in [3.8, 4) is 0 Å². The Morgan fingerprint density at radius 1 is 1.26 bits per heavy atom. The molecular weight excluding hydrogens is 238 g/mol. The molecule has 3 nitrogen and oxygen atoms in total. The van der Waals surface area contributed by atoms with Crippen LogP contribution in [-0.4, -0.2) is 23.7 Å². The van der Waals surface area contributed by atoms with Gasteiger partial charge in [-0.2, -0.15) is 0 Å². The highest BCUT2D eigenvalue weighted by atomic mass is 16.3. The third kappa shape index (κ3) is 5.03. The zero-order chi connectivity index (χ0) is 14.3. The standard InChI is InChI=1S/C16H25NO2/c1-4-5-6-14-7-9-15(10-8-14)16(19)17-13(3)12(2)11-18/h7-10,12-13,18H,4-6,11H2,1-3H3,(H,17,19). The maximum Gasteiger partial charge on any atom is 0.251 e. The van der Waals surface area contributed by atoms with Crippen molar-refractivity contribution in [2.75, 3.05) is 6.61 Å². The van der Waals surface area contributed by atoms with Crippen molar-refractivity contribution in [2.45, 2.75) is 46.1 Å². The largest absolute Gasteiger partial charge is 0.396 e. The summed E-state index contributed by atoms with van der Waals surface area (Å²) in [5, 5.41) is 12.0. The molecule has 106 valence electrons. The molecule has 0 saturated heterocycles. The molecule has 0 radical (unpaired) electrons. The van der Waals surface area contributed by atoms with Crippen molar-refractivity contribution in [3.63, 3.8) is 0 Å². The van der Waals surface area contributed by atoms with Crippen LogP contribution in [0.25, 0.3) is 0 Å². The van der Waals surface area contributed by atoms with Gasteiger partial charge in [-0.25, -0.2) is 0 Å². The van der Waals surface area contributed by atoms with E-state index in [-0.39, 0.29) is 24.5 Å². The van der Waals surface area contributed by atoms with E-state index >= 15 is 0 Å². The molecule has 1 aromatic rings. The summed E-state index contributed by atoms with van der Waals surface area (Å²) in [6.45, 7) is 6.08. The summed E-state index contributed by atoms with van der Waals surface area (Å²) < 4.78 is 0. The number of hydrogen-bond donors (Lipinski definition) is 2. The maximum atomic E-state index is 12.0. The molecule has 2 N–H and O–H groups in total. The average Bonchev–Trinajstić information content (AvgIpc) is 2.44. The van der Waals surface area contributed by atoms with Crippen molar-refractivity contribution in [3.05, 3.63) is 35.4 Å². The number of carbonyl (C=O) groups is 1. The maximum absolute atomic E-state index is 12.0. The molecule has 2 unspecified atom stereocenters. The number of benzene rings is 1. The molecule has 0 spiro atoms. The zero-order valence-electron chi connectivity index (χ0n) is 12.1. The van der Waals surface area contributed by atoms with Gasteiger partial charge < -0.3 is 10.4 Å². The Labute approximate surface area is 116 Å². The zero-order valence-corrected chi connectivity index (χ0v) is 12.1. The van der Waals surface area contributed by atoms with Crippen LogP contribution in [0.1, 0.15) is 49.5 Å². The van der Waals surface area contributed by atoms with Gasteiger partial charge >= 0.3 is 0 Å². The molecule has 19 heavy (non-hydrogen) atoms. The number of amides is 1. The Hall–Kier alpha value is -1.35. The molecule has 0 aliphatic carbocycles. The van der Waals surface area contributed by atoms with Crippen LogP contribution in [-0.2, 0) is 6.42 Å². The van der Waals surface area contributed by atoms with Crippen LogP contribution in [0.3, 0.4) is 0 Å². The van der Waals surface area contributed by atoms with E-state index in [0.29, 0.717) is 5.56 Å². The van der Waals surface area contributed by atoms with Crippen LogP contribution in [0.2, 0.25) is 0 Å². The molecule has 1 amide bonds. The van der Waals surface area contributed by atoms with Crippen molar-refractivity contribution in [2.24, 2.45) is 5.92 Å². The Kier molecular flexibility index (Phi) is 6.57. The van der Waals surface area contributed by atoms with Crippen molar-refractivity contribution >= 4 is 5.91 Å². The lowest BCUT2D eigenvalue weighted by atomic mass is 10.0. The predicted molar refractivity (Wildman–Crippen MR) is 78.2 cm³/mol. The second kappa shape index (κ2) is 7.95. The minimum Gasteiger partial charge on any atom is -0.396 e.